The molecule has 72 valence electrons. The van der Waals surface area contributed by atoms with Crippen molar-refractivity contribution >= 4 is 0 Å². The summed E-state index contributed by atoms with van der Waals surface area (Å²) in [5, 5.41) is 27.4. The average Bonchev–Trinajstić information content (AvgIpc) is 2.11. The van der Waals surface area contributed by atoms with Crippen molar-refractivity contribution in [3.63, 3.8) is 0 Å². The third kappa shape index (κ3) is 2.03. The van der Waals surface area contributed by atoms with Crippen molar-refractivity contribution in [2.75, 3.05) is 6.61 Å². The predicted molar refractivity (Wildman–Crippen MR) is 46.9 cm³/mol. The monoisotopic (exact) mass is 184 g/mol. The molecule has 4 nitrogen and oxygen atoms in total. The third-order valence-corrected chi connectivity index (χ3v) is 1.61. The second-order valence-electron chi connectivity index (χ2n) is 2.54. The lowest BCUT2D eigenvalue weighted by Gasteiger charge is -2.09. The maximum atomic E-state index is 9.45. The lowest BCUT2D eigenvalue weighted by Crippen LogP contribution is -1.94. The SMILES string of the molecule is CCOc1cc(O)cc(CO)c1O. The van der Waals surface area contributed by atoms with Crippen LogP contribution in [0.4, 0.5) is 0 Å². The lowest BCUT2D eigenvalue weighted by molar-refractivity contribution is 0.267. The molecule has 0 radical (unpaired) electrons. The molecule has 0 aliphatic carbocycles. The summed E-state index contributed by atoms with van der Waals surface area (Å²) in [6, 6.07) is 2.59. The summed E-state index contributed by atoms with van der Waals surface area (Å²) in [5.41, 5.74) is 0.253. The molecular formula is C9H12O4. The average molecular weight is 184 g/mol. The Morgan fingerprint density at radius 1 is 1.31 bits per heavy atom. The third-order valence-electron chi connectivity index (χ3n) is 1.61. The van der Waals surface area contributed by atoms with E-state index in [4.69, 9.17) is 9.84 Å². The molecule has 0 aliphatic heterocycles. The normalized spacial score (nSPS) is 10.0. The van der Waals surface area contributed by atoms with E-state index in [1.165, 1.54) is 12.1 Å². The number of ether oxygens (including phenoxy) is 1. The Kier molecular flexibility index (Phi) is 2.97. The first-order chi connectivity index (χ1) is 6.19. The molecule has 1 aromatic rings. The van der Waals surface area contributed by atoms with Crippen molar-refractivity contribution in [1.29, 1.82) is 0 Å². The van der Waals surface area contributed by atoms with Crippen molar-refractivity contribution in [3.05, 3.63) is 17.7 Å². The van der Waals surface area contributed by atoms with Crippen LogP contribution in [-0.4, -0.2) is 21.9 Å². The summed E-state index contributed by atoms with van der Waals surface area (Å²) in [6.07, 6.45) is 0. The largest absolute Gasteiger partial charge is 0.508 e. The fourth-order valence-corrected chi connectivity index (χ4v) is 1.04. The summed E-state index contributed by atoms with van der Waals surface area (Å²) in [4.78, 5) is 0. The first-order valence-corrected chi connectivity index (χ1v) is 3.97. The smallest absolute Gasteiger partial charge is 0.164 e. The van der Waals surface area contributed by atoms with E-state index >= 15 is 0 Å². The Hall–Kier alpha value is -1.42. The van der Waals surface area contributed by atoms with E-state index in [0.717, 1.165) is 0 Å². The number of phenols is 2. The van der Waals surface area contributed by atoms with Crippen LogP contribution in [0.25, 0.3) is 0 Å². The van der Waals surface area contributed by atoms with Gasteiger partial charge in [0.1, 0.15) is 5.75 Å². The molecule has 0 amide bonds. The van der Waals surface area contributed by atoms with Gasteiger partial charge in [-0.3, -0.25) is 0 Å². The van der Waals surface area contributed by atoms with Gasteiger partial charge in [0, 0.05) is 11.6 Å². The highest BCUT2D eigenvalue weighted by Crippen LogP contribution is 2.34. The van der Waals surface area contributed by atoms with Gasteiger partial charge in [0.2, 0.25) is 0 Å². The van der Waals surface area contributed by atoms with Crippen molar-refractivity contribution in [1.82, 2.24) is 0 Å². The van der Waals surface area contributed by atoms with Crippen molar-refractivity contribution in [2.45, 2.75) is 13.5 Å². The summed E-state index contributed by atoms with van der Waals surface area (Å²) in [5.74, 6) is 0.0269. The van der Waals surface area contributed by atoms with E-state index in [1.54, 1.807) is 6.92 Å². The maximum Gasteiger partial charge on any atom is 0.164 e. The van der Waals surface area contributed by atoms with Crippen molar-refractivity contribution in [3.8, 4) is 17.2 Å². The minimum absolute atomic E-state index is 0.0368. The molecule has 0 bridgehead atoms. The van der Waals surface area contributed by atoms with Crippen LogP contribution in [0.1, 0.15) is 12.5 Å². The number of aliphatic hydroxyl groups excluding tert-OH is 1. The standard InChI is InChI=1S/C9H12O4/c1-2-13-8-4-7(11)3-6(5-10)9(8)12/h3-4,10-12H,2,5H2,1H3. The predicted octanol–water partition coefficient (Wildman–Crippen LogP) is 0.989. The molecule has 3 N–H and O–H groups in total. The van der Waals surface area contributed by atoms with Crippen LogP contribution < -0.4 is 4.74 Å². The first-order valence-electron chi connectivity index (χ1n) is 3.97. The van der Waals surface area contributed by atoms with Crippen LogP contribution in [0, 0.1) is 0 Å². The highest BCUT2D eigenvalue weighted by molar-refractivity contribution is 5.50. The van der Waals surface area contributed by atoms with Crippen LogP contribution in [0.3, 0.4) is 0 Å². The fraction of sp³-hybridized carbons (Fsp3) is 0.333. The summed E-state index contributed by atoms with van der Waals surface area (Å²) in [7, 11) is 0. The molecule has 0 aromatic heterocycles. The number of aliphatic hydroxyl groups is 1. The van der Waals surface area contributed by atoms with Crippen LogP contribution in [0.15, 0.2) is 12.1 Å². The number of hydrogen-bond acceptors (Lipinski definition) is 4. The van der Waals surface area contributed by atoms with E-state index in [1.807, 2.05) is 0 Å². The van der Waals surface area contributed by atoms with Gasteiger partial charge in [0.25, 0.3) is 0 Å². The highest BCUT2D eigenvalue weighted by Gasteiger charge is 2.09. The van der Waals surface area contributed by atoms with Crippen molar-refractivity contribution in [2.24, 2.45) is 0 Å². The number of phenolic OH excluding ortho intramolecular Hbond substituents is 1. The fourth-order valence-electron chi connectivity index (χ4n) is 1.04. The second-order valence-corrected chi connectivity index (χ2v) is 2.54. The summed E-state index contributed by atoms with van der Waals surface area (Å²) in [6.45, 7) is 1.82. The molecule has 0 fully saturated rings. The summed E-state index contributed by atoms with van der Waals surface area (Å²) >= 11 is 0. The molecule has 1 rings (SSSR count). The van der Waals surface area contributed by atoms with Gasteiger partial charge in [0.15, 0.2) is 11.5 Å². The van der Waals surface area contributed by atoms with E-state index < -0.39 is 0 Å². The number of hydrogen-bond donors (Lipinski definition) is 3. The number of rotatable bonds is 3. The Balaban J connectivity index is 3.11. The van der Waals surface area contributed by atoms with Crippen LogP contribution in [0.5, 0.6) is 17.2 Å². The molecule has 1 aromatic carbocycles. The molecule has 13 heavy (non-hydrogen) atoms. The van der Waals surface area contributed by atoms with E-state index in [2.05, 4.69) is 0 Å². The minimum atomic E-state index is -0.333. The molecule has 0 aliphatic rings. The van der Waals surface area contributed by atoms with Gasteiger partial charge in [-0.05, 0) is 13.0 Å². The Morgan fingerprint density at radius 3 is 2.54 bits per heavy atom. The Bertz CT molecular complexity index is 296. The zero-order chi connectivity index (χ0) is 9.84. The van der Waals surface area contributed by atoms with Crippen LogP contribution in [0.2, 0.25) is 0 Å². The number of aromatic hydroxyl groups is 2. The van der Waals surface area contributed by atoms with Gasteiger partial charge in [0.05, 0.1) is 13.2 Å². The molecule has 0 saturated heterocycles. The van der Waals surface area contributed by atoms with E-state index in [0.29, 0.717) is 6.61 Å². The molecule has 0 heterocycles. The Labute approximate surface area is 76.0 Å². The van der Waals surface area contributed by atoms with Gasteiger partial charge in [-0.2, -0.15) is 0 Å². The van der Waals surface area contributed by atoms with Gasteiger partial charge in [-0.1, -0.05) is 0 Å². The zero-order valence-corrected chi connectivity index (χ0v) is 7.32. The molecule has 0 spiro atoms. The molecule has 0 saturated carbocycles. The number of benzene rings is 1. The van der Waals surface area contributed by atoms with Crippen molar-refractivity contribution < 1.29 is 20.1 Å². The van der Waals surface area contributed by atoms with E-state index in [-0.39, 0.29) is 29.4 Å². The van der Waals surface area contributed by atoms with Gasteiger partial charge >= 0.3 is 0 Å². The summed E-state index contributed by atoms with van der Waals surface area (Å²) < 4.78 is 5.04. The molecule has 4 heteroatoms. The molecule has 0 atom stereocenters. The van der Waals surface area contributed by atoms with E-state index in [9.17, 15) is 10.2 Å². The quantitative estimate of drug-likeness (QED) is 0.612. The first kappa shape index (κ1) is 9.67. The van der Waals surface area contributed by atoms with Gasteiger partial charge in [-0.25, -0.2) is 0 Å². The molecule has 0 unspecified atom stereocenters. The highest BCUT2D eigenvalue weighted by atomic mass is 16.5. The minimum Gasteiger partial charge on any atom is -0.508 e. The molecular weight excluding hydrogens is 172 g/mol. The van der Waals surface area contributed by atoms with Gasteiger partial charge < -0.3 is 20.1 Å². The lowest BCUT2D eigenvalue weighted by atomic mass is 10.2. The van der Waals surface area contributed by atoms with Crippen LogP contribution >= 0.6 is 0 Å². The van der Waals surface area contributed by atoms with Gasteiger partial charge in [-0.15, -0.1) is 0 Å². The zero-order valence-electron chi connectivity index (χ0n) is 7.32. The van der Waals surface area contributed by atoms with Crippen LogP contribution in [-0.2, 0) is 6.61 Å². The topological polar surface area (TPSA) is 69.9 Å². The second kappa shape index (κ2) is 4.00. The Morgan fingerprint density at radius 2 is 2.00 bits per heavy atom. The maximum absolute atomic E-state index is 9.45.